The van der Waals surface area contributed by atoms with E-state index in [0.717, 1.165) is 37.1 Å². The lowest BCUT2D eigenvalue weighted by Gasteiger charge is -2.35. The fourth-order valence-electron chi connectivity index (χ4n) is 5.99. The molecule has 0 spiro atoms. The quantitative estimate of drug-likeness (QED) is 0.235. The van der Waals surface area contributed by atoms with E-state index in [0.29, 0.717) is 23.3 Å². The largest absolute Gasteiger partial charge is 0.492 e. The lowest BCUT2D eigenvalue weighted by molar-refractivity contribution is -0.115. The number of carbonyl (C=O) groups excluding carboxylic acids is 1. The second-order valence-electron chi connectivity index (χ2n) is 11.0. The molecule has 1 aliphatic carbocycles. The van der Waals surface area contributed by atoms with Crippen LogP contribution in [0.1, 0.15) is 83.4 Å². The van der Waals surface area contributed by atoms with Crippen molar-refractivity contribution in [3.8, 4) is 17.2 Å². The summed E-state index contributed by atoms with van der Waals surface area (Å²) in [5.74, 6) is 2.21. The lowest BCUT2D eigenvalue weighted by atomic mass is 9.71. The summed E-state index contributed by atoms with van der Waals surface area (Å²) in [4.78, 5) is 15.2. The number of rotatable bonds is 8. The van der Waals surface area contributed by atoms with E-state index < -0.39 is 0 Å². The zero-order valence-electron chi connectivity index (χ0n) is 22.3. The maximum Gasteiger partial charge on any atom is 0.231 e. The third-order valence-corrected chi connectivity index (χ3v) is 8.06. The maximum atomic E-state index is 13.0. The van der Waals surface area contributed by atoms with E-state index >= 15 is 0 Å². The number of fused-ring (bicyclic) bond motifs is 2. The molecular weight excluding hydrogens is 438 g/mol. The van der Waals surface area contributed by atoms with Gasteiger partial charge in [0.1, 0.15) is 0 Å². The number of carbonyl (C=O) groups is 1. The summed E-state index contributed by atoms with van der Waals surface area (Å²) in [6.07, 6.45) is 13.0. The first-order valence-corrected chi connectivity index (χ1v) is 13.0. The number of ketones is 1. The highest BCUT2D eigenvalue weighted by molar-refractivity contribution is 5.90. The third kappa shape index (κ3) is 5.50. The molecule has 4 rings (SSSR count). The summed E-state index contributed by atoms with van der Waals surface area (Å²) in [6.45, 7) is 10.3. The van der Waals surface area contributed by atoms with Crippen LogP contribution in [0.2, 0.25) is 0 Å². The van der Waals surface area contributed by atoms with Crippen LogP contribution in [-0.4, -0.2) is 38.2 Å². The van der Waals surface area contributed by atoms with Gasteiger partial charge in [0.2, 0.25) is 12.5 Å². The summed E-state index contributed by atoms with van der Waals surface area (Å²) < 4.78 is 17.0. The van der Waals surface area contributed by atoms with E-state index in [2.05, 4.69) is 51.8 Å². The van der Waals surface area contributed by atoms with E-state index in [-0.39, 0.29) is 18.6 Å². The summed E-state index contributed by atoms with van der Waals surface area (Å²) >= 11 is 0. The van der Waals surface area contributed by atoms with Crippen molar-refractivity contribution in [1.29, 1.82) is 0 Å². The van der Waals surface area contributed by atoms with Gasteiger partial charge in [0, 0.05) is 24.6 Å². The molecule has 0 N–H and O–H groups in total. The zero-order valence-corrected chi connectivity index (χ0v) is 22.3. The Labute approximate surface area is 210 Å². The fraction of sp³-hybridized carbons (Fsp3) is 0.567. The highest BCUT2D eigenvalue weighted by Gasteiger charge is 2.34. The minimum Gasteiger partial charge on any atom is -0.492 e. The number of benzene rings is 1. The molecule has 1 aromatic carbocycles. The van der Waals surface area contributed by atoms with Crippen molar-refractivity contribution in [3.05, 3.63) is 52.1 Å². The number of ether oxygens (including phenoxy) is 3. The molecular formula is C30H41NO4. The van der Waals surface area contributed by atoms with Gasteiger partial charge >= 0.3 is 0 Å². The molecule has 5 nitrogen and oxygen atoms in total. The molecule has 190 valence electrons. The van der Waals surface area contributed by atoms with Gasteiger partial charge in [-0.15, -0.1) is 0 Å². The number of hydrogen-bond donors (Lipinski definition) is 0. The van der Waals surface area contributed by atoms with Crippen LogP contribution >= 0.6 is 0 Å². The Kier molecular flexibility index (Phi) is 7.75. The van der Waals surface area contributed by atoms with Crippen molar-refractivity contribution in [2.45, 2.75) is 78.7 Å². The third-order valence-electron chi connectivity index (χ3n) is 8.06. The lowest BCUT2D eigenvalue weighted by Crippen LogP contribution is -2.33. The molecule has 2 heterocycles. The first kappa shape index (κ1) is 25.6. The maximum absolute atomic E-state index is 13.0. The van der Waals surface area contributed by atoms with Crippen LogP contribution < -0.4 is 14.2 Å². The van der Waals surface area contributed by atoms with Crippen LogP contribution in [-0.2, 0) is 11.2 Å². The minimum absolute atomic E-state index is 0.0473. The van der Waals surface area contributed by atoms with E-state index in [1.54, 1.807) is 24.3 Å². The monoisotopic (exact) mass is 479 g/mol. The van der Waals surface area contributed by atoms with Gasteiger partial charge in [0.15, 0.2) is 17.3 Å². The van der Waals surface area contributed by atoms with E-state index in [1.807, 2.05) is 6.08 Å². The topological polar surface area (TPSA) is 48.0 Å². The Morgan fingerprint density at radius 1 is 1.29 bits per heavy atom. The van der Waals surface area contributed by atoms with Crippen LogP contribution in [0.15, 0.2) is 41.0 Å². The van der Waals surface area contributed by atoms with Gasteiger partial charge < -0.3 is 14.2 Å². The van der Waals surface area contributed by atoms with Crippen molar-refractivity contribution in [3.63, 3.8) is 0 Å². The highest BCUT2D eigenvalue weighted by Crippen LogP contribution is 2.50. The molecule has 0 fully saturated rings. The van der Waals surface area contributed by atoms with E-state index in [4.69, 9.17) is 14.2 Å². The Bertz CT molecular complexity index is 1060. The van der Waals surface area contributed by atoms with Gasteiger partial charge in [-0.3, -0.25) is 9.69 Å². The first-order chi connectivity index (χ1) is 16.7. The van der Waals surface area contributed by atoms with Gasteiger partial charge in [-0.05, 0) is 82.5 Å². The number of allylic oxidation sites excluding steroid dienone is 6. The second-order valence-corrected chi connectivity index (χ2v) is 11.0. The average molecular weight is 480 g/mol. The number of likely N-dealkylation sites (N-methyl/N-ethyl adjacent to an activating group) is 1. The van der Waals surface area contributed by atoms with Gasteiger partial charge in [0.25, 0.3) is 0 Å². The van der Waals surface area contributed by atoms with Crippen molar-refractivity contribution in [1.82, 2.24) is 4.90 Å². The molecule has 0 amide bonds. The summed E-state index contributed by atoms with van der Waals surface area (Å²) in [5, 5.41) is 0. The van der Waals surface area contributed by atoms with E-state index in [1.165, 1.54) is 30.4 Å². The predicted octanol–water partition coefficient (Wildman–Crippen LogP) is 6.72. The smallest absolute Gasteiger partial charge is 0.231 e. The number of nitrogens with zero attached hydrogens (tertiary/aromatic N) is 1. The molecule has 0 saturated carbocycles. The van der Waals surface area contributed by atoms with Crippen LogP contribution in [0.25, 0.3) is 0 Å². The summed E-state index contributed by atoms with van der Waals surface area (Å²) in [6, 6.07) is 2.01. The molecule has 0 aromatic heterocycles. The SMILES string of the molecule is COc1c2c(cc3c1[C@@H](CC(=O)C=CC=C(C)CCC1=C(C)CCCC1(C)C)N(C)CC3)OCO2. The molecule has 1 atom stereocenters. The normalized spacial score (nSPS) is 22.0. The second kappa shape index (κ2) is 10.6. The molecule has 0 saturated heterocycles. The zero-order chi connectivity index (χ0) is 25.2. The molecule has 35 heavy (non-hydrogen) atoms. The van der Waals surface area contributed by atoms with Crippen molar-refractivity contribution >= 4 is 5.78 Å². The summed E-state index contributed by atoms with van der Waals surface area (Å²) in [5.41, 5.74) is 7.06. The number of methoxy groups -OCH3 is 1. The Morgan fingerprint density at radius 2 is 2.09 bits per heavy atom. The van der Waals surface area contributed by atoms with Crippen LogP contribution in [0, 0.1) is 5.41 Å². The standard InChI is InChI=1S/C30H41NO4/c1-20(12-13-24-21(2)10-8-15-30(24,3)4)9-7-11-23(32)18-25-27-22(14-16-31(25)5)17-26-28(29(27)33-6)35-19-34-26/h7,9,11,17,25H,8,10,12-16,18-19H2,1-6H3/t25-/m1/s1. The molecule has 0 bridgehead atoms. The first-order valence-electron chi connectivity index (χ1n) is 13.0. The molecule has 0 radical (unpaired) electrons. The van der Waals surface area contributed by atoms with Crippen LogP contribution in [0.3, 0.4) is 0 Å². The Morgan fingerprint density at radius 3 is 2.83 bits per heavy atom. The predicted molar refractivity (Wildman–Crippen MR) is 140 cm³/mol. The minimum atomic E-state index is -0.0473. The molecule has 5 heteroatoms. The van der Waals surface area contributed by atoms with Gasteiger partial charge in [0.05, 0.1) is 7.11 Å². The molecule has 3 aliphatic rings. The van der Waals surface area contributed by atoms with Crippen LogP contribution in [0.4, 0.5) is 0 Å². The molecule has 0 unspecified atom stereocenters. The van der Waals surface area contributed by atoms with Crippen molar-refractivity contribution in [2.24, 2.45) is 5.41 Å². The highest BCUT2D eigenvalue weighted by atomic mass is 16.7. The average Bonchev–Trinajstić information content (AvgIpc) is 3.27. The Balaban J connectivity index is 1.42. The van der Waals surface area contributed by atoms with E-state index in [9.17, 15) is 4.79 Å². The van der Waals surface area contributed by atoms with Crippen molar-refractivity contribution in [2.75, 3.05) is 27.5 Å². The van der Waals surface area contributed by atoms with Gasteiger partial charge in [-0.25, -0.2) is 0 Å². The van der Waals surface area contributed by atoms with Crippen LogP contribution in [0.5, 0.6) is 17.2 Å². The fourth-order valence-corrected chi connectivity index (χ4v) is 5.99. The summed E-state index contributed by atoms with van der Waals surface area (Å²) in [7, 11) is 3.73. The molecule has 2 aliphatic heterocycles. The number of hydrogen-bond acceptors (Lipinski definition) is 5. The van der Waals surface area contributed by atoms with Gasteiger partial charge in [-0.1, -0.05) is 42.7 Å². The molecule has 1 aromatic rings. The Hall–Kier alpha value is -2.53. The van der Waals surface area contributed by atoms with Gasteiger partial charge in [-0.2, -0.15) is 0 Å². The van der Waals surface area contributed by atoms with Crippen molar-refractivity contribution < 1.29 is 19.0 Å².